The van der Waals surface area contributed by atoms with E-state index in [9.17, 15) is 9.90 Å². The summed E-state index contributed by atoms with van der Waals surface area (Å²) in [5.41, 5.74) is 3.35. The number of nitrogens with one attached hydrogen (secondary N) is 2. The molecule has 3 aromatic rings. The quantitative estimate of drug-likeness (QED) is 0.221. The molecule has 3 N–H and O–H groups in total. The molecule has 1 aliphatic rings. The zero-order valence-electron chi connectivity index (χ0n) is 24.3. The highest BCUT2D eigenvalue weighted by Gasteiger charge is 2.20. The zero-order chi connectivity index (χ0) is 29.0. The van der Waals surface area contributed by atoms with Crippen molar-refractivity contribution in [2.75, 3.05) is 62.4 Å². The molecule has 1 aliphatic heterocycles. The minimum atomic E-state index is -0.913. The first-order valence-electron chi connectivity index (χ1n) is 14.4. The van der Waals surface area contributed by atoms with E-state index in [1.54, 1.807) is 12.3 Å². The van der Waals surface area contributed by atoms with Crippen molar-refractivity contribution in [1.82, 2.24) is 24.8 Å². The van der Waals surface area contributed by atoms with Gasteiger partial charge in [0.2, 0.25) is 0 Å². The third kappa shape index (κ3) is 9.56. The van der Waals surface area contributed by atoms with E-state index in [-0.39, 0.29) is 0 Å². The lowest BCUT2D eigenvalue weighted by Gasteiger charge is -2.25. The lowest BCUT2D eigenvalue weighted by atomic mass is 10.1. The van der Waals surface area contributed by atoms with Gasteiger partial charge >= 0.3 is 5.97 Å². The summed E-state index contributed by atoms with van der Waals surface area (Å²) in [5, 5.41) is 16.4. The highest BCUT2D eigenvalue weighted by Crippen LogP contribution is 2.20. The first-order valence-corrected chi connectivity index (χ1v) is 14.4. The zero-order valence-corrected chi connectivity index (χ0v) is 24.3. The smallest absolute Gasteiger partial charge is 0.326 e. The average Bonchev–Trinajstić information content (AvgIpc) is 2.97. The van der Waals surface area contributed by atoms with Gasteiger partial charge in [0.15, 0.2) is 0 Å². The average molecular weight is 563 g/mol. The molecule has 0 saturated carbocycles. The van der Waals surface area contributed by atoms with E-state index < -0.39 is 12.0 Å². The molecule has 0 aromatic carbocycles. The van der Waals surface area contributed by atoms with Crippen LogP contribution in [-0.2, 0) is 17.6 Å². The number of pyridine rings is 2. The third-order valence-electron chi connectivity index (χ3n) is 7.13. The lowest BCUT2D eigenvalue weighted by Crippen LogP contribution is -2.37. The van der Waals surface area contributed by atoms with Gasteiger partial charge in [0.05, 0.1) is 6.20 Å². The van der Waals surface area contributed by atoms with Crippen LogP contribution >= 0.6 is 0 Å². The molecule has 0 amide bonds. The minimum Gasteiger partial charge on any atom is -0.491 e. The second kappa shape index (κ2) is 15.1. The maximum absolute atomic E-state index is 12.1. The highest BCUT2D eigenvalue weighted by atomic mass is 16.5. The van der Waals surface area contributed by atoms with Crippen molar-refractivity contribution < 1.29 is 14.6 Å². The number of aryl methyl sites for hydroxylation is 3. The summed E-state index contributed by atoms with van der Waals surface area (Å²) >= 11 is 0. The Morgan fingerprint density at radius 3 is 2.78 bits per heavy atom. The van der Waals surface area contributed by atoms with Crippen molar-refractivity contribution in [2.24, 2.45) is 0 Å². The number of carbonyl (C=O) groups is 1. The number of hydrogen-bond donors (Lipinski definition) is 3. The van der Waals surface area contributed by atoms with Crippen LogP contribution in [0, 0.1) is 6.92 Å². The molecular formula is C30H42N8O3. The fourth-order valence-electron chi connectivity index (χ4n) is 4.74. The van der Waals surface area contributed by atoms with E-state index in [1.165, 1.54) is 11.9 Å². The fraction of sp³-hybridized carbons (Fsp3) is 0.500. The number of hydrogen-bond acceptors (Lipinski definition) is 10. The van der Waals surface area contributed by atoms with Gasteiger partial charge < -0.3 is 25.4 Å². The number of ether oxygens (including phenoxy) is 1. The molecule has 0 saturated heterocycles. The summed E-state index contributed by atoms with van der Waals surface area (Å²) in [4.78, 5) is 33.8. The van der Waals surface area contributed by atoms with Gasteiger partial charge in [-0.1, -0.05) is 6.07 Å². The molecule has 0 aliphatic carbocycles. The van der Waals surface area contributed by atoms with E-state index in [2.05, 4.69) is 42.6 Å². The van der Waals surface area contributed by atoms with E-state index in [4.69, 9.17) is 9.72 Å². The Labute approximate surface area is 242 Å². The van der Waals surface area contributed by atoms with Crippen LogP contribution in [0.1, 0.15) is 42.6 Å². The molecule has 0 spiro atoms. The molecule has 0 bridgehead atoms. The summed E-state index contributed by atoms with van der Waals surface area (Å²) in [6, 6.07) is 9.16. The van der Waals surface area contributed by atoms with Gasteiger partial charge in [-0.3, -0.25) is 9.88 Å². The van der Waals surface area contributed by atoms with Gasteiger partial charge in [-0.15, -0.1) is 0 Å². The predicted molar refractivity (Wildman–Crippen MR) is 161 cm³/mol. The van der Waals surface area contributed by atoms with Gasteiger partial charge in [0.25, 0.3) is 0 Å². The van der Waals surface area contributed by atoms with Gasteiger partial charge in [0, 0.05) is 51.2 Å². The van der Waals surface area contributed by atoms with Crippen molar-refractivity contribution >= 4 is 23.4 Å². The van der Waals surface area contributed by atoms with E-state index in [0.29, 0.717) is 37.8 Å². The van der Waals surface area contributed by atoms with Crippen LogP contribution in [0.4, 0.5) is 17.5 Å². The molecule has 41 heavy (non-hydrogen) atoms. The van der Waals surface area contributed by atoms with Crippen LogP contribution in [0.5, 0.6) is 5.75 Å². The van der Waals surface area contributed by atoms with Crippen molar-refractivity contribution in [2.45, 2.75) is 51.5 Å². The fourth-order valence-corrected chi connectivity index (χ4v) is 4.74. The van der Waals surface area contributed by atoms with Gasteiger partial charge in [-0.2, -0.15) is 0 Å². The second-order valence-corrected chi connectivity index (χ2v) is 10.6. The predicted octanol–water partition coefficient (Wildman–Crippen LogP) is 3.66. The molecule has 11 heteroatoms. The van der Waals surface area contributed by atoms with E-state index in [0.717, 1.165) is 68.1 Å². The molecular weight excluding hydrogens is 520 g/mol. The van der Waals surface area contributed by atoms with E-state index >= 15 is 0 Å². The summed E-state index contributed by atoms with van der Waals surface area (Å²) in [5.74, 6) is 2.05. The van der Waals surface area contributed by atoms with Crippen LogP contribution in [0.3, 0.4) is 0 Å². The normalized spacial score (nSPS) is 13.3. The van der Waals surface area contributed by atoms with Crippen molar-refractivity contribution in [3.8, 4) is 5.75 Å². The third-order valence-corrected chi connectivity index (χ3v) is 7.13. The Balaban J connectivity index is 1.31. The maximum atomic E-state index is 12.1. The second-order valence-electron chi connectivity index (χ2n) is 10.6. The Morgan fingerprint density at radius 1 is 1.12 bits per heavy atom. The van der Waals surface area contributed by atoms with E-state index in [1.807, 2.05) is 38.1 Å². The molecule has 0 fully saturated rings. The first-order chi connectivity index (χ1) is 19.9. The Hall–Kier alpha value is -3.99. The summed E-state index contributed by atoms with van der Waals surface area (Å²) in [6.45, 7) is 5.54. The molecule has 0 radical (unpaired) electrons. The number of aromatic nitrogens is 4. The number of carboxylic acid groups (broad SMARTS) is 1. The van der Waals surface area contributed by atoms with Crippen LogP contribution in [0.25, 0.3) is 0 Å². The maximum Gasteiger partial charge on any atom is 0.326 e. The number of anilines is 3. The molecule has 1 unspecified atom stereocenters. The van der Waals surface area contributed by atoms with Gasteiger partial charge in [0.1, 0.15) is 42.2 Å². The number of carboxylic acids is 1. The topological polar surface area (TPSA) is 129 Å². The SMILES string of the molecule is Cc1ccc(OCCN(CCCCc2ccc3c(n2)NCCC3)CCC(Nc2cc(N(C)C)ncn2)C(=O)O)cn1. The van der Waals surface area contributed by atoms with Crippen molar-refractivity contribution in [1.29, 1.82) is 0 Å². The first kappa shape index (κ1) is 30.0. The molecule has 4 rings (SSSR count). The number of fused-ring (bicyclic) bond motifs is 1. The Morgan fingerprint density at radius 2 is 2.00 bits per heavy atom. The Bertz CT molecular complexity index is 1250. The standard InChI is InChI=1S/C30H42N8O3/c1-22-9-12-25(20-32-22)41-18-17-38(15-5-4-8-24-11-10-23-7-6-14-31-29(23)35-24)16-13-26(30(39)40)36-27-19-28(37(2)3)34-21-33-27/h9-12,19-21,26H,4-8,13-18H2,1-3H3,(H,31,35)(H,39,40)(H,33,34,36). The molecule has 1 atom stereocenters. The molecule has 220 valence electrons. The van der Waals surface area contributed by atoms with Crippen LogP contribution < -0.4 is 20.3 Å². The number of unbranched alkanes of at least 4 members (excludes halogenated alkanes) is 1. The lowest BCUT2D eigenvalue weighted by molar-refractivity contribution is -0.138. The van der Waals surface area contributed by atoms with Crippen molar-refractivity contribution in [3.05, 3.63) is 59.8 Å². The Kier molecular flexibility index (Phi) is 11.1. The number of rotatable bonds is 16. The van der Waals surface area contributed by atoms with Crippen LogP contribution in [0.15, 0.2) is 42.9 Å². The van der Waals surface area contributed by atoms with Gasteiger partial charge in [-0.05, 0) is 75.8 Å². The summed E-state index contributed by atoms with van der Waals surface area (Å²) in [7, 11) is 3.76. The number of nitrogens with zero attached hydrogens (tertiary/aromatic N) is 6. The monoisotopic (exact) mass is 562 g/mol. The largest absolute Gasteiger partial charge is 0.491 e. The van der Waals surface area contributed by atoms with Crippen LogP contribution in [-0.4, -0.2) is 88.8 Å². The molecule has 3 aromatic heterocycles. The number of aliphatic carboxylic acids is 1. The molecule has 11 nitrogen and oxygen atoms in total. The highest BCUT2D eigenvalue weighted by molar-refractivity contribution is 5.77. The summed E-state index contributed by atoms with van der Waals surface area (Å²) < 4.78 is 5.93. The van der Waals surface area contributed by atoms with Crippen LogP contribution in [0.2, 0.25) is 0 Å². The minimum absolute atomic E-state index is 0.417. The summed E-state index contributed by atoms with van der Waals surface area (Å²) in [6.07, 6.45) is 8.72. The molecule has 4 heterocycles. The van der Waals surface area contributed by atoms with Gasteiger partial charge in [-0.25, -0.2) is 19.7 Å². The van der Waals surface area contributed by atoms with Crippen molar-refractivity contribution in [3.63, 3.8) is 0 Å².